The van der Waals surface area contributed by atoms with Crippen LogP contribution in [-0.2, 0) is 50.7 Å². The van der Waals surface area contributed by atoms with Crippen molar-refractivity contribution in [3.8, 4) is 12.1 Å². The number of primary amides is 2. The van der Waals surface area contributed by atoms with Crippen molar-refractivity contribution in [3.63, 3.8) is 0 Å². The number of nitrogens with zero attached hydrogens (tertiary/aromatic N) is 4. The molecule has 0 spiro atoms. The van der Waals surface area contributed by atoms with E-state index in [0.717, 1.165) is 102 Å². The van der Waals surface area contributed by atoms with E-state index in [0.29, 0.717) is 12.8 Å². The SMILES string of the molecule is CCC(C)(C)C(=O)NCCCN(C)C.CCC(C)(C)C(=O)Nc1ccc(C#N)c(C(F)(F)F)c1.CCC(C)C(=O)NC(C)(C)C.CCC(C)C(=O)NC(C)(C)C.CCC(C)C(=O)NCCCN(C)C.CCC(C)C(=O)Nc1ccc(C#N)c(C(F)(F)F)c1.CCC(C)C(N)=O.CCC(C)C(N)=O. The van der Waals surface area contributed by atoms with Gasteiger partial charge in [0.05, 0.1) is 34.4 Å². The Morgan fingerprint density at radius 1 is 0.431 bits per heavy atom. The van der Waals surface area contributed by atoms with Gasteiger partial charge in [0.2, 0.25) is 47.3 Å². The normalized spacial score (nSPS) is 12.9. The van der Waals surface area contributed by atoms with Crippen LogP contribution in [0.1, 0.15) is 253 Å². The van der Waals surface area contributed by atoms with Crippen molar-refractivity contribution in [2.45, 2.75) is 254 Å². The van der Waals surface area contributed by atoms with Gasteiger partial charge in [-0.15, -0.1) is 0 Å². The number of hydrogen-bond donors (Lipinski definition) is 8. The molecular weight excluding hydrogens is 1320 g/mol. The summed E-state index contributed by atoms with van der Waals surface area (Å²) in [5.74, 6) is -0.254. The quantitative estimate of drug-likeness (QED) is 0.0322. The Labute approximate surface area is 609 Å². The van der Waals surface area contributed by atoms with E-state index < -0.39 is 40.0 Å². The fraction of sp³-hybridized carbons (Fsp3) is 0.711. The van der Waals surface area contributed by atoms with E-state index in [2.05, 4.69) is 41.7 Å². The third-order valence-electron chi connectivity index (χ3n) is 16.0. The fourth-order valence-corrected chi connectivity index (χ4v) is 6.54. The number of nitriles is 2. The zero-order valence-corrected chi connectivity index (χ0v) is 67.3. The van der Waals surface area contributed by atoms with Crippen LogP contribution in [0, 0.1) is 69.0 Å². The minimum atomic E-state index is -4.63. The summed E-state index contributed by atoms with van der Waals surface area (Å²) in [5, 5.41) is 33.9. The van der Waals surface area contributed by atoms with Crippen molar-refractivity contribution >= 4 is 58.6 Å². The summed E-state index contributed by atoms with van der Waals surface area (Å²) in [7, 11) is 8.16. The number of benzene rings is 2. The number of anilines is 2. The molecule has 0 saturated carbocycles. The van der Waals surface area contributed by atoms with Gasteiger partial charge in [-0.25, -0.2) is 0 Å². The van der Waals surface area contributed by atoms with Gasteiger partial charge >= 0.3 is 12.4 Å². The lowest BCUT2D eigenvalue weighted by Gasteiger charge is -2.22. The van der Waals surface area contributed by atoms with Crippen molar-refractivity contribution < 1.29 is 64.7 Å². The number of carbonyl (C=O) groups excluding carboxylic acids is 8. The first kappa shape index (κ1) is 106. The molecule has 8 amide bonds. The summed E-state index contributed by atoms with van der Waals surface area (Å²) in [6.07, 6.45) is -0.780. The molecule has 0 aliphatic heterocycles. The molecule has 2 aromatic rings. The molecule has 0 aliphatic carbocycles. The van der Waals surface area contributed by atoms with Crippen molar-refractivity contribution in [3.05, 3.63) is 58.7 Å². The van der Waals surface area contributed by atoms with Gasteiger partial charge in [0, 0.05) is 81.9 Å². The van der Waals surface area contributed by atoms with Crippen LogP contribution in [0.5, 0.6) is 0 Å². The summed E-state index contributed by atoms with van der Waals surface area (Å²) >= 11 is 0. The molecule has 0 bridgehead atoms. The number of amides is 8. The van der Waals surface area contributed by atoms with Crippen LogP contribution in [0.15, 0.2) is 36.4 Å². The number of halogens is 6. The van der Waals surface area contributed by atoms with E-state index in [1.165, 1.54) is 24.3 Å². The van der Waals surface area contributed by atoms with Crippen LogP contribution in [0.2, 0.25) is 0 Å². The molecule has 6 unspecified atom stereocenters. The van der Waals surface area contributed by atoms with Gasteiger partial charge in [0.1, 0.15) is 0 Å². The Bertz CT molecular complexity index is 2800. The molecule has 0 radical (unpaired) electrons. The van der Waals surface area contributed by atoms with Crippen LogP contribution >= 0.6 is 0 Å². The number of alkyl halides is 6. The molecular formula is C76H134F6N12O8. The number of carbonyl (C=O) groups is 8. The lowest BCUT2D eigenvalue weighted by Crippen LogP contribution is -2.43. The molecule has 588 valence electrons. The standard InChI is InChI=1S/C14H15F3N2O.C13H13F3N2O.C11H24N2O.C10H22N2O.2C9H19NO.2C5H11NO/c1-4-13(2,3)12(20)19-10-6-5-9(8-18)11(7-10)14(15,16)17;1-3-8(2)12(19)18-10-5-4-9(7-17)11(6-10)13(14,15)16;1-6-11(2,3)10(14)12-8-7-9-13(4)5;1-5-9(2)10(13)11-7-6-8-12(3)4;2*1-6-7(2)8(11)10-9(3,4)5;2*1-3-4(2)5(6)7/h5-7H,4H2,1-3H3,(H,19,20);4-6,8H,3H2,1-2H3,(H,18,19);6-9H2,1-5H3,(H,12,14);9H,5-8H2,1-4H3,(H,11,13);2*7H,6H2,1-5H3,(H,10,11);2*4H,3H2,1-2H3,(H2,6,7). The minimum absolute atomic E-state index is 0.0304. The Kier molecular flexibility index (Phi) is 55.4. The Morgan fingerprint density at radius 2 is 0.716 bits per heavy atom. The van der Waals surface area contributed by atoms with E-state index in [1.54, 1.807) is 20.8 Å². The predicted molar refractivity (Wildman–Crippen MR) is 401 cm³/mol. The Balaban J connectivity index is -0.000000264. The smallest absolute Gasteiger partial charge is 0.369 e. The van der Waals surface area contributed by atoms with E-state index >= 15 is 0 Å². The molecule has 10 N–H and O–H groups in total. The zero-order chi connectivity index (χ0) is 81.5. The summed E-state index contributed by atoms with van der Waals surface area (Å²) in [5.41, 5.74) is 5.77. The van der Waals surface area contributed by atoms with Crippen LogP contribution in [0.3, 0.4) is 0 Å². The maximum absolute atomic E-state index is 12.8. The van der Waals surface area contributed by atoms with Gasteiger partial charge < -0.3 is 53.2 Å². The molecule has 0 heterocycles. The Morgan fingerprint density at radius 3 is 0.971 bits per heavy atom. The molecule has 20 nitrogen and oxygen atoms in total. The lowest BCUT2D eigenvalue weighted by molar-refractivity contribution is -0.138. The van der Waals surface area contributed by atoms with E-state index in [1.807, 2.05) is 174 Å². The predicted octanol–water partition coefficient (Wildman–Crippen LogP) is 15.0. The summed E-state index contributed by atoms with van der Waals surface area (Å²) < 4.78 is 76.5. The average molecular weight is 1460 g/mol. The van der Waals surface area contributed by atoms with Crippen molar-refractivity contribution in [2.75, 3.05) is 65.0 Å². The first-order chi connectivity index (χ1) is 46.5. The van der Waals surface area contributed by atoms with Gasteiger partial charge in [-0.2, -0.15) is 36.9 Å². The average Bonchev–Trinajstić information content (AvgIpc) is 0.822. The van der Waals surface area contributed by atoms with Crippen molar-refractivity contribution in [2.24, 2.45) is 57.8 Å². The molecule has 26 heteroatoms. The number of nitrogens with one attached hydrogen (secondary N) is 6. The highest BCUT2D eigenvalue weighted by atomic mass is 19.4. The van der Waals surface area contributed by atoms with E-state index in [9.17, 15) is 64.7 Å². The molecule has 2 rings (SSSR count). The summed E-state index contributed by atoms with van der Waals surface area (Å²) in [4.78, 5) is 93.5. The molecule has 0 fully saturated rings. The second kappa shape index (κ2) is 53.5. The van der Waals surface area contributed by atoms with Crippen molar-refractivity contribution in [1.29, 1.82) is 10.5 Å². The van der Waals surface area contributed by atoms with Crippen LogP contribution in [-0.4, -0.2) is 123 Å². The summed E-state index contributed by atoms with van der Waals surface area (Å²) in [6, 6.07) is 9.21. The number of nitrogens with two attached hydrogens (primary N) is 2. The molecule has 6 atom stereocenters. The molecule has 0 saturated heterocycles. The lowest BCUT2D eigenvalue weighted by atomic mass is 9.89. The largest absolute Gasteiger partial charge is 0.417 e. The molecule has 102 heavy (non-hydrogen) atoms. The zero-order valence-electron chi connectivity index (χ0n) is 67.3. The highest BCUT2D eigenvalue weighted by Gasteiger charge is 2.36. The van der Waals surface area contributed by atoms with Crippen LogP contribution in [0.25, 0.3) is 0 Å². The van der Waals surface area contributed by atoms with Gasteiger partial charge in [0.25, 0.3) is 0 Å². The summed E-state index contributed by atoms with van der Waals surface area (Å²) in [6.45, 7) is 49.8. The van der Waals surface area contributed by atoms with Gasteiger partial charge in [-0.05, 0) is 183 Å². The fourth-order valence-electron chi connectivity index (χ4n) is 6.54. The van der Waals surface area contributed by atoms with Gasteiger partial charge in [0.15, 0.2) is 0 Å². The van der Waals surface area contributed by atoms with Gasteiger partial charge in [-0.3, -0.25) is 38.4 Å². The van der Waals surface area contributed by atoms with E-state index in [-0.39, 0.29) is 111 Å². The second-order valence-corrected chi connectivity index (χ2v) is 29.2. The molecule has 0 aliphatic rings. The number of rotatable bonds is 26. The Hall–Kier alpha value is -7.32. The number of hydrogen-bond acceptors (Lipinski definition) is 12. The van der Waals surface area contributed by atoms with E-state index in [4.69, 9.17) is 22.0 Å². The first-order valence-electron chi connectivity index (χ1n) is 35.4. The minimum Gasteiger partial charge on any atom is -0.369 e. The maximum Gasteiger partial charge on any atom is 0.417 e. The monoisotopic (exact) mass is 1460 g/mol. The molecule has 0 aromatic heterocycles. The maximum atomic E-state index is 12.8. The van der Waals surface area contributed by atoms with Crippen LogP contribution in [0.4, 0.5) is 37.7 Å². The third-order valence-corrected chi connectivity index (χ3v) is 16.0. The van der Waals surface area contributed by atoms with Gasteiger partial charge in [-0.1, -0.05) is 125 Å². The highest BCUT2D eigenvalue weighted by molar-refractivity contribution is 5.95. The molecule has 2 aromatic carbocycles. The third kappa shape index (κ3) is 53.5. The second-order valence-electron chi connectivity index (χ2n) is 29.2. The van der Waals surface area contributed by atoms with Crippen LogP contribution < -0.4 is 43.4 Å². The first-order valence-corrected chi connectivity index (χ1v) is 35.4. The highest BCUT2D eigenvalue weighted by Crippen LogP contribution is 2.35. The topological polar surface area (TPSA) is 315 Å². The van der Waals surface area contributed by atoms with Crippen molar-refractivity contribution in [1.82, 2.24) is 31.1 Å².